The predicted octanol–water partition coefficient (Wildman–Crippen LogP) is 2.36. The van der Waals surface area contributed by atoms with Crippen LogP contribution in [0.3, 0.4) is 0 Å². The van der Waals surface area contributed by atoms with Gasteiger partial charge in [-0.25, -0.2) is 9.97 Å². The minimum absolute atomic E-state index is 0.0464. The van der Waals surface area contributed by atoms with Crippen LogP contribution >= 0.6 is 11.8 Å². The average molecular weight is 258 g/mol. The lowest BCUT2D eigenvalue weighted by atomic mass is 10.2. The van der Waals surface area contributed by atoms with Crippen LogP contribution in [0.1, 0.15) is 16.8 Å². The molecule has 0 aliphatic rings. The number of nitrogens with zero attached hydrogens (tertiary/aromatic N) is 2. The second-order valence-corrected chi connectivity index (χ2v) is 4.87. The zero-order valence-corrected chi connectivity index (χ0v) is 10.9. The van der Waals surface area contributed by atoms with E-state index in [2.05, 4.69) is 35.1 Å². The zero-order valence-electron chi connectivity index (χ0n) is 10.1. The fourth-order valence-electron chi connectivity index (χ4n) is 1.57. The van der Waals surface area contributed by atoms with Crippen LogP contribution in [-0.4, -0.2) is 15.8 Å². The van der Waals surface area contributed by atoms with Crippen LogP contribution in [0.5, 0.6) is 0 Å². The molecule has 2 aromatic rings. The van der Waals surface area contributed by atoms with E-state index in [1.54, 1.807) is 24.2 Å². The summed E-state index contributed by atoms with van der Waals surface area (Å²) in [4.78, 5) is 8.29. The van der Waals surface area contributed by atoms with Crippen molar-refractivity contribution in [1.82, 2.24) is 9.97 Å². The molecule has 0 unspecified atom stereocenters. The standard InChI is InChI=1S/C13H14N4S/c1-9-3-2-4-10(7-9)8-18-13-11(12(14)15)16-5-6-17-13/h2-7H,8H2,1H3,(H3,14,15). The summed E-state index contributed by atoms with van der Waals surface area (Å²) in [5, 5.41) is 8.16. The molecule has 0 aliphatic carbocycles. The maximum Gasteiger partial charge on any atom is 0.144 e. The van der Waals surface area contributed by atoms with Crippen molar-refractivity contribution >= 4 is 17.6 Å². The van der Waals surface area contributed by atoms with Crippen molar-refractivity contribution in [3.63, 3.8) is 0 Å². The van der Waals surface area contributed by atoms with Crippen molar-refractivity contribution in [2.45, 2.75) is 17.7 Å². The molecule has 0 spiro atoms. The van der Waals surface area contributed by atoms with Gasteiger partial charge in [0.1, 0.15) is 16.6 Å². The van der Waals surface area contributed by atoms with Crippen LogP contribution in [-0.2, 0) is 5.75 Å². The first-order chi connectivity index (χ1) is 8.66. The number of hydrogen-bond donors (Lipinski definition) is 2. The van der Waals surface area contributed by atoms with Crippen molar-refractivity contribution in [2.24, 2.45) is 5.73 Å². The number of aromatic nitrogens is 2. The molecule has 18 heavy (non-hydrogen) atoms. The number of thioether (sulfide) groups is 1. The highest BCUT2D eigenvalue weighted by Crippen LogP contribution is 2.23. The van der Waals surface area contributed by atoms with E-state index in [4.69, 9.17) is 11.1 Å². The van der Waals surface area contributed by atoms with Gasteiger partial charge in [0.25, 0.3) is 0 Å². The van der Waals surface area contributed by atoms with Gasteiger partial charge in [-0.15, -0.1) is 0 Å². The number of amidine groups is 1. The van der Waals surface area contributed by atoms with E-state index in [9.17, 15) is 0 Å². The molecule has 5 heteroatoms. The molecule has 1 aromatic heterocycles. The summed E-state index contributed by atoms with van der Waals surface area (Å²) in [6.45, 7) is 2.07. The molecular weight excluding hydrogens is 244 g/mol. The van der Waals surface area contributed by atoms with Gasteiger partial charge in [-0.2, -0.15) is 0 Å². The third-order valence-corrected chi connectivity index (χ3v) is 3.43. The summed E-state index contributed by atoms with van der Waals surface area (Å²) in [6.07, 6.45) is 3.17. The van der Waals surface area contributed by atoms with E-state index in [0.29, 0.717) is 10.7 Å². The molecule has 1 heterocycles. The molecule has 4 nitrogen and oxygen atoms in total. The second kappa shape index (κ2) is 5.64. The van der Waals surface area contributed by atoms with Gasteiger partial charge in [0, 0.05) is 18.1 Å². The third kappa shape index (κ3) is 3.07. The molecule has 0 saturated carbocycles. The van der Waals surface area contributed by atoms with Crippen LogP contribution in [0, 0.1) is 12.3 Å². The van der Waals surface area contributed by atoms with E-state index >= 15 is 0 Å². The van der Waals surface area contributed by atoms with Gasteiger partial charge in [0.05, 0.1) is 0 Å². The van der Waals surface area contributed by atoms with E-state index in [1.165, 1.54) is 11.1 Å². The van der Waals surface area contributed by atoms with Crippen molar-refractivity contribution in [2.75, 3.05) is 0 Å². The Kier molecular flexibility index (Phi) is 3.94. The molecular formula is C13H14N4S. The zero-order chi connectivity index (χ0) is 13.0. The minimum Gasteiger partial charge on any atom is -0.382 e. The van der Waals surface area contributed by atoms with E-state index in [1.807, 2.05) is 6.07 Å². The SMILES string of the molecule is Cc1cccc(CSc2nccnc2C(=N)N)c1. The van der Waals surface area contributed by atoms with Crippen LogP contribution in [0.15, 0.2) is 41.7 Å². The van der Waals surface area contributed by atoms with Crippen LogP contribution in [0.25, 0.3) is 0 Å². The number of nitrogen functional groups attached to an aromatic ring is 1. The summed E-state index contributed by atoms with van der Waals surface area (Å²) in [6, 6.07) is 8.31. The highest BCUT2D eigenvalue weighted by atomic mass is 32.2. The number of nitrogens with two attached hydrogens (primary N) is 1. The van der Waals surface area contributed by atoms with Crippen LogP contribution in [0.2, 0.25) is 0 Å². The highest BCUT2D eigenvalue weighted by Gasteiger charge is 2.08. The molecule has 0 saturated heterocycles. The van der Waals surface area contributed by atoms with Gasteiger partial charge in [-0.05, 0) is 12.5 Å². The van der Waals surface area contributed by atoms with Crippen LogP contribution in [0.4, 0.5) is 0 Å². The van der Waals surface area contributed by atoms with Crippen molar-refractivity contribution in [3.8, 4) is 0 Å². The van der Waals surface area contributed by atoms with Crippen molar-refractivity contribution in [1.29, 1.82) is 5.41 Å². The Hall–Kier alpha value is -1.88. The highest BCUT2D eigenvalue weighted by molar-refractivity contribution is 7.98. The lowest BCUT2D eigenvalue weighted by Crippen LogP contribution is -2.15. The molecule has 0 atom stereocenters. The Morgan fingerprint density at radius 2 is 2.11 bits per heavy atom. The quantitative estimate of drug-likeness (QED) is 0.501. The summed E-state index contributed by atoms with van der Waals surface area (Å²) in [5.74, 6) is 0.746. The Morgan fingerprint density at radius 3 is 2.83 bits per heavy atom. The molecule has 2 rings (SSSR count). The lowest BCUT2D eigenvalue weighted by molar-refractivity contribution is 1.03. The second-order valence-electron chi connectivity index (χ2n) is 3.90. The smallest absolute Gasteiger partial charge is 0.144 e. The van der Waals surface area contributed by atoms with Gasteiger partial charge in [0.2, 0.25) is 0 Å². The van der Waals surface area contributed by atoms with Gasteiger partial charge < -0.3 is 5.73 Å². The monoisotopic (exact) mass is 258 g/mol. The average Bonchev–Trinajstić information content (AvgIpc) is 2.37. The topological polar surface area (TPSA) is 75.7 Å². The molecule has 0 aliphatic heterocycles. The Balaban J connectivity index is 2.13. The minimum atomic E-state index is -0.0464. The number of benzene rings is 1. The number of nitrogens with one attached hydrogen (secondary N) is 1. The summed E-state index contributed by atoms with van der Waals surface area (Å²) in [7, 11) is 0. The Morgan fingerprint density at radius 1 is 1.33 bits per heavy atom. The normalized spacial score (nSPS) is 10.3. The van der Waals surface area contributed by atoms with Crippen molar-refractivity contribution < 1.29 is 0 Å². The van der Waals surface area contributed by atoms with Gasteiger partial charge in [-0.3, -0.25) is 5.41 Å². The molecule has 3 N–H and O–H groups in total. The largest absolute Gasteiger partial charge is 0.382 e. The van der Waals surface area contributed by atoms with E-state index < -0.39 is 0 Å². The first-order valence-corrected chi connectivity index (χ1v) is 6.49. The molecule has 1 aromatic carbocycles. The maximum atomic E-state index is 7.46. The summed E-state index contributed by atoms with van der Waals surface area (Å²) in [5.41, 5.74) is 8.39. The van der Waals surface area contributed by atoms with Crippen LogP contribution < -0.4 is 5.73 Å². The predicted molar refractivity (Wildman–Crippen MR) is 73.8 cm³/mol. The third-order valence-electron chi connectivity index (χ3n) is 2.38. The van der Waals surface area contributed by atoms with E-state index in [-0.39, 0.29) is 5.84 Å². The number of aryl methyl sites for hydroxylation is 1. The fourth-order valence-corrected chi connectivity index (χ4v) is 2.49. The van der Waals surface area contributed by atoms with Crippen molar-refractivity contribution in [3.05, 3.63) is 53.5 Å². The Bertz CT molecular complexity index is 568. The van der Waals surface area contributed by atoms with Gasteiger partial charge >= 0.3 is 0 Å². The maximum absolute atomic E-state index is 7.46. The summed E-state index contributed by atoms with van der Waals surface area (Å²) >= 11 is 1.54. The molecule has 0 radical (unpaired) electrons. The molecule has 0 bridgehead atoms. The fraction of sp³-hybridized carbons (Fsp3) is 0.154. The van der Waals surface area contributed by atoms with Gasteiger partial charge in [-0.1, -0.05) is 41.6 Å². The molecule has 92 valence electrons. The lowest BCUT2D eigenvalue weighted by Gasteiger charge is -2.05. The molecule has 0 fully saturated rings. The first kappa shape index (κ1) is 12.6. The number of hydrogen-bond acceptors (Lipinski definition) is 4. The first-order valence-electron chi connectivity index (χ1n) is 5.50. The van der Waals surface area contributed by atoms with Gasteiger partial charge in [0.15, 0.2) is 0 Å². The Labute approximate surface area is 110 Å². The number of rotatable bonds is 4. The molecule has 0 amide bonds. The summed E-state index contributed by atoms with van der Waals surface area (Å²) < 4.78 is 0. The van der Waals surface area contributed by atoms with E-state index in [0.717, 1.165) is 5.75 Å².